The molecule has 0 radical (unpaired) electrons. The number of hydrogen-bond donors (Lipinski definition) is 1. The number of benzene rings is 2. The highest BCUT2D eigenvalue weighted by Crippen LogP contribution is 2.26. The van der Waals surface area contributed by atoms with E-state index < -0.39 is 0 Å². The van der Waals surface area contributed by atoms with Gasteiger partial charge in [0.05, 0.1) is 13.2 Å². The van der Waals surface area contributed by atoms with Crippen LogP contribution in [-0.2, 0) is 11.3 Å². The Hall–Kier alpha value is -3.80. The SMILES string of the molecule is COc1cccc(CN2C(=O)CN(C(=O)c3ccc4[nH]ccc4c3)C[C@@H]2CC2=CCCC=C2)c1. The Kier molecular flexibility index (Phi) is 6.21. The van der Waals surface area contributed by atoms with Gasteiger partial charge in [0.25, 0.3) is 5.91 Å². The summed E-state index contributed by atoms with van der Waals surface area (Å²) in [6.07, 6.45) is 11.2. The van der Waals surface area contributed by atoms with Crippen LogP contribution in [0, 0.1) is 0 Å². The normalized spacial score (nSPS) is 18.3. The second-order valence-electron chi connectivity index (χ2n) is 8.96. The van der Waals surface area contributed by atoms with Crippen LogP contribution in [0.5, 0.6) is 5.75 Å². The van der Waals surface area contributed by atoms with E-state index in [1.807, 2.05) is 59.6 Å². The predicted octanol–water partition coefficient (Wildman–Crippen LogP) is 4.70. The maximum atomic E-state index is 13.4. The molecule has 2 aliphatic rings. The molecule has 1 N–H and O–H groups in total. The minimum Gasteiger partial charge on any atom is -0.497 e. The molecule has 2 heterocycles. The fourth-order valence-corrected chi connectivity index (χ4v) is 4.85. The van der Waals surface area contributed by atoms with Crippen LogP contribution in [0.15, 0.2) is 78.5 Å². The maximum absolute atomic E-state index is 13.4. The van der Waals surface area contributed by atoms with E-state index in [0.717, 1.165) is 41.5 Å². The summed E-state index contributed by atoms with van der Waals surface area (Å²) in [6, 6.07) is 15.3. The second kappa shape index (κ2) is 9.59. The molecule has 1 atom stereocenters. The molecule has 174 valence electrons. The highest BCUT2D eigenvalue weighted by atomic mass is 16.5. The number of aromatic nitrogens is 1. The molecule has 0 unspecified atom stereocenters. The first kappa shape index (κ1) is 22.0. The maximum Gasteiger partial charge on any atom is 0.254 e. The summed E-state index contributed by atoms with van der Waals surface area (Å²) in [5, 5.41) is 0.989. The summed E-state index contributed by atoms with van der Waals surface area (Å²) < 4.78 is 5.36. The van der Waals surface area contributed by atoms with Gasteiger partial charge in [0.15, 0.2) is 0 Å². The highest BCUT2D eigenvalue weighted by molar-refractivity contribution is 6.00. The third-order valence-electron chi connectivity index (χ3n) is 6.64. The monoisotopic (exact) mass is 455 g/mol. The number of rotatable bonds is 6. The summed E-state index contributed by atoms with van der Waals surface area (Å²) in [7, 11) is 1.64. The number of fused-ring (bicyclic) bond motifs is 1. The average molecular weight is 456 g/mol. The van der Waals surface area contributed by atoms with Gasteiger partial charge in [-0.25, -0.2) is 0 Å². The molecule has 6 heteroatoms. The minimum absolute atomic E-state index is 0.0319. The number of H-pyrrole nitrogens is 1. The molecule has 2 amide bonds. The van der Waals surface area contributed by atoms with Gasteiger partial charge in [-0.15, -0.1) is 0 Å². The molecule has 0 saturated carbocycles. The number of ether oxygens (including phenoxy) is 1. The zero-order chi connectivity index (χ0) is 23.5. The van der Waals surface area contributed by atoms with Crippen molar-refractivity contribution < 1.29 is 14.3 Å². The number of carbonyl (C=O) groups is 2. The number of piperazine rings is 1. The minimum atomic E-state index is -0.101. The van der Waals surface area contributed by atoms with Gasteiger partial charge in [-0.3, -0.25) is 9.59 Å². The molecular weight excluding hydrogens is 426 g/mol. The number of hydrogen-bond acceptors (Lipinski definition) is 3. The van der Waals surface area contributed by atoms with Crippen molar-refractivity contribution in [1.82, 2.24) is 14.8 Å². The van der Waals surface area contributed by atoms with Crippen molar-refractivity contribution >= 4 is 22.7 Å². The molecule has 1 fully saturated rings. The summed E-state index contributed by atoms with van der Waals surface area (Å²) in [5.41, 5.74) is 3.84. The van der Waals surface area contributed by atoms with Crippen molar-refractivity contribution in [2.24, 2.45) is 0 Å². The van der Waals surface area contributed by atoms with E-state index in [9.17, 15) is 9.59 Å². The molecule has 1 aliphatic heterocycles. The average Bonchev–Trinajstić information content (AvgIpc) is 3.34. The first-order chi connectivity index (χ1) is 16.6. The Morgan fingerprint density at radius 2 is 2.06 bits per heavy atom. The van der Waals surface area contributed by atoms with E-state index >= 15 is 0 Å². The molecule has 1 aromatic heterocycles. The van der Waals surface area contributed by atoms with Crippen LogP contribution in [0.25, 0.3) is 10.9 Å². The standard InChI is InChI=1S/C28H29N3O3/c1-34-25-9-5-8-21(15-25)17-31-24(14-20-6-3-2-4-7-20)18-30(19-27(31)32)28(33)23-10-11-26-22(16-23)12-13-29-26/h3,5-13,15-16,24,29H,2,4,14,17-19H2,1H3/t24-/m0/s1. The molecule has 6 nitrogen and oxygen atoms in total. The van der Waals surface area contributed by atoms with Crippen LogP contribution in [0.4, 0.5) is 0 Å². The number of carbonyl (C=O) groups excluding carboxylic acids is 2. The molecule has 0 spiro atoms. The lowest BCUT2D eigenvalue weighted by molar-refractivity contribution is -0.139. The van der Waals surface area contributed by atoms with Gasteiger partial charge >= 0.3 is 0 Å². The summed E-state index contributed by atoms with van der Waals surface area (Å²) in [6.45, 7) is 1.08. The van der Waals surface area contributed by atoms with Crippen LogP contribution in [0.1, 0.15) is 35.2 Å². The van der Waals surface area contributed by atoms with Crippen molar-refractivity contribution in [2.45, 2.75) is 31.8 Å². The highest BCUT2D eigenvalue weighted by Gasteiger charge is 2.35. The Morgan fingerprint density at radius 3 is 2.88 bits per heavy atom. The fraction of sp³-hybridized carbons (Fsp3) is 0.286. The topological polar surface area (TPSA) is 65.6 Å². The molecular formula is C28H29N3O3. The first-order valence-electron chi connectivity index (χ1n) is 11.7. The molecule has 2 aromatic carbocycles. The van der Waals surface area contributed by atoms with Crippen LogP contribution >= 0.6 is 0 Å². The summed E-state index contributed by atoms with van der Waals surface area (Å²) in [5.74, 6) is 0.638. The van der Waals surface area contributed by atoms with Crippen molar-refractivity contribution in [3.05, 3.63) is 89.7 Å². The first-order valence-corrected chi connectivity index (χ1v) is 11.7. The van der Waals surface area contributed by atoms with Gasteiger partial charge in [0, 0.05) is 35.8 Å². The Balaban J connectivity index is 1.40. The van der Waals surface area contributed by atoms with E-state index in [1.54, 1.807) is 12.0 Å². The molecule has 3 aromatic rings. The van der Waals surface area contributed by atoms with Gasteiger partial charge in [-0.05, 0) is 61.2 Å². The molecule has 34 heavy (non-hydrogen) atoms. The van der Waals surface area contributed by atoms with Crippen LogP contribution in [0.2, 0.25) is 0 Å². The fourth-order valence-electron chi connectivity index (χ4n) is 4.85. The van der Waals surface area contributed by atoms with Gasteiger partial charge in [0.2, 0.25) is 5.91 Å². The van der Waals surface area contributed by atoms with Crippen LogP contribution in [0.3, 0.4) is 0 Å². The second-order valence-corrected chi connectivity index (χ2v) is 8.96. The van der Waals surface area contributed by atoms with E-state index in [0.29, 0.717) is 18.7 Å². The molecule has 1 saturated heterocycles. The van der Waals surface area contributed by atoms with Gasteiger partial charge in [-0.2, -0.15) is 0 Å². The Bertz CT molecular complexity index is 1270. The Labute approximate surface area is 199 Å². The number of allylic oxidation sites excluding steroid dienone is 3. The molecule has 1 aliphatic carbocycles. The summed E-state index contributed by atoms with van der Waals surface area (Å²) >= 11 is 0. The number of aromatic amines is 1. The van der Waals surface area contributed by atoms with Gasteiger partial charge < -0.3 is 19.5 Å². The lowest BCUT2D eigenvalue weighted by Gasteiger charge is -2.41. The van der Waals surface area contributed by atoms with Crippen molar-refractivity contribution in [2.75, 3.05) is 20.2 Å². The third-order valence-corrected chi connectivity index (χ3v) is 6.64. The number of methoxy groups -OCH3 is 1. The lowest BCUT2D eigenvalue weighted by atomic mass is 9.96. The van der Waals surface area contributed by atoms with Crippen molar-refractivity contribution in [3.63, 3.8) is 0 Å². The van der Waals surface area contributed by atoms with E-state index in [-0.39, 0.29) is 24.4 Å². The van der Waals surface area contributed by atoms with E-state index in [1.165, 1.54) is 5.57 Å². The van der Waals surface area contributed by atoms with Crippen LogP contribution < -0.4 is 4.74 Å². The quantitative estimate of drug-likeness (QED) is 0.586. The molecule has 5 rings (SSSR count). The van der Waals surface area contributed by atoms with Gasteiger partial charge in [0.1, 0.15) is 12.3 Å². The lowest BCUT2D eigenvalue weighted by Crippen LogP contribution is -2.57. The Morgan fingerprint density at radius 1 is 1.15 bits per heavy atom. The number of amides is 2. The predicted molar refractivity (Wildman–Crippen MR) is 133 cm³/mol. The molecule has 0 bridgehead atoms. The smallest absolute Gasteiger partial charge is 0.254 e. The van der Waals surface area contributed by atoms with Crippen molar-refractivity contribution in [3.8, 4) is 5.75 Å². The van der Waals surface area contributed by atoms with Crippen LogP contribution in [-0.4, -0.2) is 52.8 Å². The zero-order valence-corrected chi connectivity index (χ0v) is 19.4. The third kappa shape index (κ3) is 4.62. The van der Waals surface area contributed by atoms with E-state index in [4.69, 9.17) is 4.74 Å². The number of nitrogens with zero attached hydrogens (tertiary/aromatic N) is 2. The van der Waals surface area contributed by atoms with Crippen molar-refractivity contribution in [1.29, 1.82) is 0 Å². The summed E-state index contributed by atoms with van der Waals surface area (Å²) in [4.78, 5) is 33.6. The zero-order valence-electron chi connectivity index (χ0n) is 19.4. The van der Waals surface area contributed by atoms with E-state index in [2.05, 4.69) is 23.2 Å². The largest absolute Gasteiger partial charge is 0.497 e. The van der Waals surface area contributed by atoms with Gasteiger partial charge in [-0.1, -0.05) is 35.9 Å². The number of nitrogens with one attached hydrogen (secondary N) is 1.